The average Bonchev–Trinajstić information content (AvgIpc) is 2.54. The molecule has 0 unspecified atom stereocenters. The summed E-state index contributed by atoms with van der Waals surface area (Å²) in [5.74, 6) is 0. The predicted molar refractivity (Wildman–Crippen MR) is 66.2 cm³/mol. The van der Waals surface area contributed by atoms with Crippen molar-refractivity contribution >= 4 is 12.0 Å². The third-order valence-corrected chi connectivity index (χ3v) is 3.12. The average molecular weight is 218 g/mol. The Morgan fingerprint density at radius 2 is 1.94 bits per heavy atom. The second-order valence-electron chi connectivity index (χ2n) is 4.32. The summed E-state index contributed by atoms with van der Waals surface area (Å²) < 4.78 is 0. The van der Waals surface area contributed by atoms with Crippen LogP contribution in [0.3, 0.4) is 0 Å². The molecule has 0 N–H and O–H groups in total. The van der Waals surface area contributed by atoms with Crippen molar-refractivity contribution < 1.29 is 4.79 Å². The van der Waals surface area contributed by atoms with Gasteiger partial charge in [0.15, 0.2) is 6.29 Å². The van der Waals surface area contributed by atoms with Crippen molar-refractivity contribution in [1.29, 1.82) is 0 Å². The Kier molecular flexibility index (Phi) is 3.57. The maximum absolute atomic E-state index is 11.0. The monoisotopic (exact) mass is 218 g/mol. The van der Waals surface area contributed by atoms with Gasteiger partial charge in [0, 0.05) is 30.9 Å². The first-order valence-corrected chi connectivity index (χ1v) is 5.79. The van der Waals surface area contributed by atoms with Crippen LogP contribution in [-0.2, 0) is 0 Å². The number of rotatable bonds is 2. The Morgan fingerprint density at radius 3 is 2.75 bits per heavy atom. The van der Waals surface area contributed by atoms with Gasteiger partial charge in [-0.1, -0.05) is 12.1 Å². The van der Waals surface area contributed by atoms with Crippen molar-refractivity contribution in [1.82, 2.24) is 4.90 Å². The van der Waals surface area contributed by atoms with Crippen molar-refractivity contribution in [2.45, 2.75) is 6.42 Å². The molecule has 0 aliphatic carbocycles. The Morgan fingerprint density at radius 1 is 1.12 bits per heavy atom. The first kappa shape index (κ1) is 11.1. The zero-order valence-corrected chi connectivity index (χ0v) is 9.72. The van der Waals surface area contributed by atoms with E-state index >= 15 is 0 Å². The summed E-state index contributed by atoms with van der Waals surface area (Å²) in [4.78, 5) is 15.6. The molecule has 0 amide bonds. The Bertz CT molecular complexity index is 365. The van der Waals surface area contributed by atoms with Gasteiger partial charge in [0.25, 0.3) is 0 Å². The lowest BCUT2D eigenvalue weighted by atomic mass is 10.1. The highest BCUT2D eigenvalue weighted by atomic mass is 16.1. The predicted octanol–water partition coefficient (Wildman–Crippen LogP) is 1.64. The van der Waals surface area contributed by atoms with E-state index in [2.05, 4.69) is 16.8 Å². The van der Waals surface area contributed by atoms with Gasteiger partial charge in [-0.2, -0.15) is 0 Å². The SMILES string of the molecule is CN1CCCN(c2ccccc2C=O)CC1. The zero-order valence-electron chi connectivity index (χ0n) is 9.72. The second-order valence-corrected chi connectivity index (χ2v) is 4.32. The van der Waals surface area contributed by atoms with Gasteiger partial charge >= 0.3 is 0 Å². The smallest absolute Gasteiger partial charge is 0.152 e. The topological polar surface area (TPSA) is 23.6 Å². The molecule has 0 bridgehead atoms. The van der Waals surface area contributed by atoms with Crippen LogP contribution < -0.4 is 4.90 Å². The lowest BCUT2D eigenvalue weighted by molar-refractivity contribution is 0.112. The number of benzene rings is 1. The van der Waals surface area contributed by atoms with Crippen LogP contribution in [0.2, 0.25) is 0 Å². The standard InChI is InChI=1S/C13H18N2O/c1-14-7-4-8-15(10-9-14)13-6-3-2-5-12(13)11-16/h2-3,5-6,11H,4,7-10H2,1H3. The lowest BCUT2D eigenvalue weighted by Gasteiger charge is -2.24. The number of likely N-dealkylation sites (N-methyl/N-ethyl adjacent to an activating group) is 1. The molecule has 1 aromatic carbocycles. The van der Waals surface area contributed by atoms with Gasteiger partial charge in [-0.3, -0.25) is 4.79 Å². The third-order valence-electron chi connectivity index (χ3n) is 3.12. The van der Waals surface area contributed by atoms with Gasteiger partial charge in [0.05, 0.1) is 0 Å². The number of carbonyl (C=O) groups is 1. The number of para-hydroxylation sites is 1. The summed E-state index contributed by atoms with van der Waals surface area (Å²) in [5, 5.41) is 0. The molecule has 1 aromatic rings. The molecule has 1 heterocycles. The zero-order chi connectivity index (χ0) is 11.4. The quantitative estimate of drug-likeness (QED) is 0.705. The fourth-order valence-electron chi connectivity index (χ4n) is 2.16. The minimum atomic E-state index is 0.798. The van der Waals surface area contributed by atoms with Crippen molar-refractivity contribution in [3.05, 3.63) is 29.8 Å². The molecule has 16 heavy (non-hydrogen) atoms. The van der Waals surface area contributed by atoms with E-state index in [1.165, 1.54) is 0 Å². The van der Waals surface area contributed by atoms with Gasteiger partial charge in [-0.05, 0) is 32.1 Å². The first-order chi connectivity index (χ1) is 7.81. The Balaban J connectivity index is 2.19. The van der Waals surface area contributed by atoms with Crippen LogP contribution in [-0.4, -0.2) is 44.4 Å². The fourth-order valence-corrected chi connectivity index (χ4v) is 2.16. The van der Waals surface area contributed by atoms with Gasteiger partial charge in [-0.15, -0.1) is 0 Å². The Labute approximate surface area is 96.7 Å². The maximum Gasteiger partial charge on any atom is 0.152 e. The molecule has 2 rings (SSSR count). The van der Waals surface area contributed by atoms with E-state index in [0.717, 1.165) is 50.1 Å². The van der Waals surface area contributed by atoms with Gasteiger partial charge in [-0.25, -0.2) is 0 Å². The first-order valence-electron chi connectivity index (χ1n) is 5.79. The number of hydrogen-bond acceptors (Lipinski definition) is 3. The van der Waals surface area contributed by atoms with E-state index in [1.807, 2.05) is 24.3 Å². The van der Waals surface area contributed by atoms with E-state index in [0.29, 0.717) is 0 Å². The third kappa shape index (κ3) is 2.42. The molecule has 3 nitrogen and oxygen atoms in total. The van der Waals surface area contributed by atoms with Crippen LogP contribution in [0.25, 0.3) is 0 Å². The molecule has 1 aliphatic rings. The van der Waals surface area contributed by atoms with Gasteiger partial charge < -0.3 is 9.80 Å². The molecule has 1 fully saturated rings. The molecule has 0 aromatic heterocycles. The van der Waals surface area contributed by atoms with Crippen molar-refractivity contribution in [3.8, 4) is 0 Å². The summed E-state index contributed by atoms with van der Waals surface area (Å²) in [6.07, 6.45) is 2.10. The lowest BCUT2D eigenvalue weighted by Crippen LogP contribution is -2.29. The molecule has 0 radical (unpaired) electrons. The van der Waals surface area contributed by atoms with E-state index in [1.54, 1.807) is 0 Å². The molecule has 0 spiro atoms. The van der Waals surface area contributed by atoms with Crippen LogP contribution in [0.1, 0.15) is 16.8 Å². The van der Waals surface area contributed by atoms with Crippen molar-refractivity contribution in [3.63, 3.8) is 0 Å². The molecule has 1 aliphatic heterocycles. The molecular weight excluding hydrogens is 200 g/mol. The van der Waals surface area contributed by atoms with Crippen LogP contribution >= 0.6 is 0 Å². The van der Waals surface area contributed by atoms with Crippen molar-refractivity contribution in [2.24, 2.45) is 0 Å². The van der Waals surface area contributed by atoms with Crippen LogP contribution in [0, 0.1) is 0 Å². The second kappa shape index (κ2) is 5.12. The normalized spacial score (nSPS) is 18.2. The molecule has 3 heteroatoms. The Hall–Kier alpha value is -1.35. The van der Waals surface area contributed by atoms with E-state index in [9.17, 15) is 4.79 Å². The van der Waals surface area contributed by atoms with E-state index < -0.39 is 0 Å². The number of nitrogens with zero attached hydrogens (tertiary/aromatic N) is 2. The number of anilines is 1. The highest BCUT2D eigenvalue weighted by molar-refractivity contribution is 5.84. The summed E-state index contributed by atoms with van der Waals surface area (Å²) in [7, 11) is 2.15. The van der Waals surface area contributed by atoms with E-state index in [4.69, 9.17) is 0 Å². The molecule has 1 saturated heterocycles. The maximum atomic E-state index is 11.0. The molecule has 0 saturated carbocycles. The summed E-state index contributed by atoms with van der Waals surface area (Å²) in [6.45, 7) is 4.24. The molecule has 0 atom stereocenters. The highest BCUT2D eigenvalue weighted by Gasteiger charge is 2.14. The number of aldehydes is 1. The van der Waals surface area contributed by atoms with Crippen LogP contribution in [0.4, 0.5) is 5.69 Å². The minimum absolute atomic E-state index is 0.798. The fraction of sp³-hybridized carbons (Fsp3) is 0.462. The minimum Gasteiger partial charge on any atom is -0.370 e. The number of hydrogen-bond donors (Lipinski definition) is 0. The summed E-state index contributed by atoms with van der Waals surface area (Å²) in [6, 6.07) is 7.83. The summed E-state index contributed by atoms with van der Waals surface area (Å²) >= 11 is 0. The van der Waals surface area contributed by atoms with Gasteiger partial charge in [0.1, 0.15) is 0 Å². The largest absolute Gasteiger partial charge is 0.370 e. The van der Waals surface area contributed by atoms with E-state index in [-0.39, 0.29) is 0 Å². The molecular formula is C13H18N2O. The summed E-state index contributed by atoms with van der Waals surface area (Å²) in [5.41, 5.74) is 1.87. The van der Waals surface area contributed by atoms with Crippen molar-refractivity contribution in [2.75, 3.05) is 38.1 Å². The number of carbonyl (C=O) groups excluding carboxylic acids is 1. The van der Waals surface area contributed by atoms with Crippen LogP contribution in [0.5, 0.6) is 0 Å². The molecule has 86 valence electrons. The van der Waals surface area contributed by atoms with Crippen LogP contribution in [0.15, 0.2) is 24.3 Å². The van der Waals surface area contributed by atoms with Gasteiger partial charge in [0.2, 0.25) is 0 Å². The highest BCUT2D eigenvalue weighted by Crippen LogP contribution is 2.20.